The van der Waals surface area contributed by atoms with Crippen molar-refractivity contribution in [2.75, 3.05) is 0 Å². The van der Waals surface area contributed by atoms with Gasteiger partial charge in [0.05, 0.1) is 23.7 Å². The van der Waals surface area contributed by atoms with E-state index in [1.54, 1.807) is 23.6 Å². The van der Waals surface area contributed by atoms with Crippen molar-refractivity contribution in [2.24, 2.45) is 0 Å². The van der Waals surface area contributed by atoms with Crippen LogP contribution in [0.15, 0.2) is 84.5 Å². The smallest absolute Gasteiger partial charge is 0.244 e. The molecule has 0 spiro atoms. The van der Waals surface area contributed by atoms with E-state index < -0.39 is 0 Å². The minimum Gasteiger partial charge on any atom is -0.347 e. The molecule has 4 aromatic rings. The standard InChI is InChI=1S/C23H20N4OS/c28-22(25-15-20-9-4-5-13-24-20)12-11-19-17-27(16-18-7-2-1-3-8-18)26-23(19)21-10-6-14-29-21/h1-14,17H,15-16H2,(H,25,28)/b12-11+. The third kappa shape index (κ3) is 5.06. The summed E-state index contributed by atoms with van der Waals surface area (Å²) < 4.78 is 1.91. The number of carbonyl (C=O) groups excluding carboxylic acids is 1. The summed E-state index contributed by atoms with van der Waals surface area (Å²) in [7, 11) is 0. The zero-order valence-electron chi connectivity index (χ0n) is 15.7. The molecule has 0 atom stereocenters. The van der Waals surface area contributed by atoms with Gasteiger partial charge in [-0.25, -0.2) is 0 Å². The molecule has 0 radical (unpaired) electrons. The monoisotopic (exact) mass is 400 g/mol. The minimum absolute atomic E-state index is 0.163. The van der Waals surface area contributed by atoms with Gasteiger partial charge in [0.1, 0.15) is 5.69 Å². The molecule has 4 rings (SSSR count). The number of rotatable bonds is 7. The van der Waals surface area contributed by atoms with Gasteiger partial charge in [-0.3, -0.25) is 14.5 Å². The van der Waals surface area contributed by atoms with Gasteiger partial charge in [0, 0.05) is 24.0 Å². The Kier molecular flexibility index (Phi) is 5.92. The van der Waals surface area contributed by atoms with Gasteiger partial charge in [-0.1, -0.05) is 42.5 Å². The van der Waals surface area contributed by atoms with Crippen LogP contribution in [-0.4, -0.2) is 20.7 Å². The van der Waals surface area contributed by atoms with Crippen molar-refractivity contribution in [3.05, 3.63) is 101 Å². The molecular weight excluding hydrogens is 380 g/mol. The van der Waals surface area contributed by atoms with Gasteiger partial charge in [-0.2, -0.15) is 5.10 Å². The summed E-state index contributed by atoms with van der Waals surface area (Å²) in [5.41, 5.74) is 3.79. The highest BCUT2D eigenvalue weighted by Gasteiger charge is 2.11. The first-order valence-electron chi connectivity index (χ1n) is 9.29. The lowest BCUT2D eigenvalue weighted by Crippen LogP contribution is -2.20. The summed E-state index contributed by atoms with van der Waals surface area (Å²) in [5, 5.41) is 9.64. The summed E-state index contributed by atoms with van der Waals surface area (Å²) in [6.45, 7) is 1.08. The fourth-order valence-electron chi connectivity index (χ4n) is 2.92. The van der Waals surface area contributed by atoms with Crippen LogP contribution in [0.4, 0.5) is 0 Å². The van der Waals surface area contributed by atoms with E-state index in [1.807, 2.05) is 70.9 Å². The molecule has 0 saturated heterocycles. The molecule has 3 heterocycles. The van der Waals surface area contributed by atoms with Crippen molar-refractivity contribution in [1.82, 2.24) is 20.1 Å². The molecule has 1 amide bonds. The number of thiophene rings is 1. The number of nitrogens with zero attached hydrogens (tertiary/aromatic N) is 3. The number of amides is 1. The first-order chi connectivity index (χ1) is 14.3. The third-order valence-corrected chi connectivity index (χ3v) is 5.19. The van der Waals surface area contributed by atoms with E-state index in [1.165, 1.54) is 5.56 Å². The Labute approximate surface area is 173 Å². The fraction of sp³-hybridized carbons (Fsp3) is 0.0870. The molecule has 144 valence electrons. The third-order valence-electron chi connectivity index (χ3n) is 4.32. The Bertz CT molecular complexity index is 1090. The van der Waals surface area contributed by atoms with Crippen LogP contribution in [0, 0.1) is 0 Å². The molecule has 0 bridgehead atoms. The van der Waals surface area contributed by atoms with E-state index in [0.717, 1.165) is 21.8 Å². The van der Waals surface area contributed by atoms with Crippen LogP contribution in [0.1, 0.15) is 16.8 Å². The van der Waals surface area contributed by atoms with Gasteiger partial charge in [0.2, 0.25) is 5.91 Å². The van der Waals surface area contributed by atoms with Gasteiger partial charge in [-0.05, 0) is 35.2 Å². The molecule has 1 N–H and O–H groups in total. The molecule has 0 fully saturated rings. The highest BCUT2D eigenvalue weighted by molar-refractivity contribution is 7.13. The van der Waals surface area contributed by atoms with E-state index in [4.69, 9.17) is 5.10 Å². The van der Waals surface area contributed by atoms with E-state index in [9.17, 15) is 4.79 Å². The van der Waals surface area contributed by atoms with Crippen LogP contribution < -0.4 is 5.32 Å². The number of hydrogen-bond acceptors (Lipinski definition) is 4. The van der Waals surface area contributed by atoms with Gasteiger partial charge in [0.25, 0.3) is 0 Å². The number of benzene rings is 1. The lowest BCUT2D eigenvalue weighted by molar-refractivity contribution is -0.116. The van der Waals surface area contributed by atoms with Crippen LogP contribution in [0.25, 0.3) is 16.6 Å². The molecule has 29 heavy (non-hydrogen) atoms. The zero-order valence-corrected chi connectivity index (χ0v) is 16.5. The molecule has 5 nitrogen and oxygen atoms in total. The number of nitrogens with one attached hydrogen (secondary N) is 1. The number of aromatic nitrogens is 3. The van der Waals surface area contributed by atoms with Crippen LogP contribution >= 0.6 is 11.3 Å². The van der Waals surface area contributed by atoms with Crippen LogP contribution in [0.3, 0.4) is 0 Å². The average Bonchev–Trinajstić information content (AvgIpc) is 3.42. The van der Waals surface area contributed by atoms with Crippen molar-refractivity contribution < 1.29 is 4.79 Å². The maximum Gasteiger partial charge on any atom is 0.244 e. The second-order valence-corrected chi connectivity index (χ2v) is 7.41. The zero-order chi connectivity index (χ0) is 19.9. The first kappa shape index (κ1) is 18.8. The predicted molar refractivity (Wildman–Crippen MR) is 116 cm³/mol. The Morgan fingerprint density at radius 3 is 2.69 bits per heavy atom. The molecular formula is C23H20N4OS. The SMILES string of the molecule is O=C(/C=C/c1cn(Cc2ccccc2)nc1-c1cccs1)NCc1ccccn1. The normalized spacial score (nSPS) is 11.0. The second kappa shape index (κ2) is 9.12. The maximum atomic E-state index is 12.2. The van der Waals surface area contributed by atoms with E-state index in [0.29, 0.717) is 13.1 Å². The number of hydrogen-bond donors (Lipinski definition) is 1. The largest absolute Gasteiger partial charge is 0.347 e. The Balaban J connectivity index is 1.50. The molecule has 0 aliphatic heterocycles. The van der Waals surface area contributed by atoms with Crippen LogP contribution in [0.2, 0.25) is 0 Å². The predicted octanol–water partition coefficient (Wildman–Crippen LogP) is 4.38. The molecule has 1 aromatic carbocycles. The van der Waals surface area contributed by atoms with Crippen molar-refractivity contribution >= 4 is 23.3 Å². The van der Waals surface area contributed by atoms with Gasteiger partial charge >= 0.3 is 0 Å². The van der Waals surface area contributed by atoms with E-state index in [-0.39, 0.29) is 5.91 Å². The van der Waals surface area contributed by atoms with Crippen LogP contribution in [0.5, 0.6) is 0 Å². The summed E-state index contributed by atoms with van der Waals surface area (Å²) in [5.74, 6) is -0.163. The lowest BCUT2D eigenvalue weighted by Gasteiger charge is -2.01. The first-order valence-corrected chi connectivity index (χ1v) is 10.2. The summed E-state index contributed by atoms with van der Waals surface area (Å²) in [4.78, 5) is 17.5. The van der Waals surface area contributed by atoms with Gasteiger partial charge < -0.3 is 5.32 Å². The fourth-order valence-corrected chi connectivity index (χ4v) is 3.65. The van der Waals surface area contributed by atoms with Crippen molar-refractivity contribution in [1.29, 1.82) is 0 Å². The Morgan fingerprint density at radius 2 is 1.93 bits per heavy atom. The lowest BCUT2D eigenvalue weighted by atomic mass is 10.2. The number of carbonyl (C=O) groups is 1. The van der Waals surface area contributed by atoms with Gasteiger partial charge in [0.15, 0.2) is 0 Å². The van der Waals surface area contributed by atoms with Gasteiger partial charge in [-0.15, -0.1) is 11.3 Å². The van der Waals surface area contributed by atoms with E-state index >= 15 is 0 Å². The van der Waals surface area contributed by atoms with E-state index in [2.05, 4.69) is 22.4 Å². The summed E-state index contributed by atoms with van der Waals surface area (Å²) >= 11 is 1.63. The molecule has 6 heteroatoms. The van der Waals surface area contributed by atoms with Crippen molar-refractivity contribution in [2.45, 2.75) is 13.1 Å². The Morgan fingerprint density at radius 1 is 1.07 bits per heavy atom. The summed E-state index contributed by atoms with van der Waals surface area (Å²) in [6, 6.07) is 19.9. The average molecular weight is 401 g/mol. The highest BCUT2D eigenvalue weighted by Crippen LogP contribution is 2.27. The maximum absolute atomic E-state index is 12.2. The number of pyridine rings is 1. The van der Waals surface area contributed by atoms with Crippen molar-refractivity contribution in [3.8, 4) is 10.6 Å². The summed E-state index contributed by atoms with van der Waals surface area (Å²) in [6.07, 6.45) is 7.05. The molecule has 0 aliphatic carbocycles. The second-order valence-electron chi connectivity index (χ2n) is 6.47. The molecule has 0 unspecified atom stereocenters. The molecule has 0 aliphatic rings. The van der Waals surface area contributed by atoms with Crippen LogP contribution in [-0.2, 0) is 17.9 Å². The molecule has 3 aromatic heterocycles. The topological polar surface area (TPSA) is 59.8 Å². The minimum atomic E-state index is -0.163. The quantitative estimate of drug-likeness (QED) is 0.468. The highest BCUT2D eigenvalue weighted by atomic mass is 32.1. The Hall–Kier alpha value is -3.51. The van der Waals surface area contributed by atoms with Crippen molar-refractivity contribution in [3.63, 3.8) is 0 Å². The molecule has 0 saturated carbocycles.